The van der Waals surface area contributed by atoms with Crippen LogP contribution >= 0.6 is 0 Å². The Morgan fingerprint density at radius 3 is 2.59 bits per heavy atom. The van der Waals surface area contributed by atoms with E-state index in [1.165, 1.54) is 13.0 Å². The van der Waals surface area contributed by atoms with E-state index in [4.69, 9.17) is 4.52 Å². The first-order valence-electron chi connectivity index (χ1n) is 8.82. The van der Waals surface area contributed by atoms with Crippen molar-refractivity contribution in [3.63, 3.8) is 0 Å². The molecule has 148 valence electrons. The minimum atomic E-state index is -1.53. The number of hydrogen-bond donors (Lipinski definition) is 1. The Hall–Kier alpha value is -3.62. The van der Waals surface area contributed by atoms with E-state index in [1.807, 2.05) is 30.3 Å². The third-order valence-corrected chi connectivity index (χ3v) is 4.78. The average molecular weight is 398 g/mol. The van der Waals surface area contributed by atoms with Gasteiger partial charge in [-0.3, -0.25) is 9.69 Å². The van der Waals surface area contributed by atoms with Gasteiger partial charge in [0.05, 0.1) is 0 Å². The lowest BCUT2D eigenvalue weighted by molar-refractivity contribution is -0.131. The number of amides is 3. The summed E-state index contributed by atoms with van der Waals surface area (Å²) in [6.45, 7) is 1.19. The van der Waals surface area contributed by atoms with Crippen LogP contribution in [0.25, 0.3) is 0 Å². The third-order valence-electron chi connectivity index (χ3n) is 4.78. The first-order valence-corrected chi connectivity index (χ1v) is 8.82. The van der Waals surface area contributed by atoms with Crippen molar-refractivity contribution in [2.24, 2.45) is 0 Å². The second-order valence-electron chi connectivity index (χ2n) is 6.84. The molecule has 1 N–H and O–H groups in total. The molecule has 0 radical (unpaired) electrons. The van der Waals surface area contributed by atoms with Crippen LogP contribution < -0.4 is 5.32 Å². The van der Waals surface area contributed by atoms with Crippen molar-refractivity contribution in [2.45, 2.75) is 25.4 Å². The van der Waals surface area contributed by atoms with Crippen molar-refractivity contribution in [1.29, 1.82) is 0 Å². The molecule has 4 rings (SSSR count). The Morgan fingerprint density at radius 2 is 1.86 bits per heavy atom. The van der Waals surface area contributed by atoms with Gasteiger partial charge in [-0.25, -0.2) is 13.6 Å². The Morgan fingerprint density at radius 1 is 1.10 bits per heavy atom. The Balaban J connectivity index is 1.52. The summed E-state index contributed by atoms with van der Waals surface area (Å²) in [6, 6.07) is 11.9. The van der Waals surface area contributed by atoms with Crippen LogP contribution in [-0.2, 0) is 23.3 Å². The molecule has 0 aliphatic carbocycles. The standard InChI is InChI=1S/C20H16F2N4O3/c1-20(13-7-8-14(21)15(22)10-13)18(27)26(19(28)24-20)11-17-23-16(25-29-17)9-12-5-3-2-4-6-12/h2-8,10H,9,11H2,1H3,(H,24,28). The van der Waals surface area contributed by atoms with Crippen molar-refractivity contribution >= 4 is 11.9 Å². The highest BCUT2D eigenvalue weighted by Crippen LogP contribution is 2.30. The highest BCUT2D eigenvalue weighted by Gasteiger charge is 2.49. The number of carbonyl (C=O) groups is 2. The normalized spacial score (nSPS) is 18.9. The van der Waals surface area contributed by atoms with Gasteiger partial charge in [0.2, 0.25) is 5.89 Å². The van der Waals surface area contributed by atoms with E-state index in [2.05, 4.69) is 15.5 Å². The van der Waals surface area contributed by atoms with E-state index < -0.39 is 29.1 Å². The van der Waals surface area contributed by atoms with Crippen LogP contribution in [0.3, 0.4) is 0 Å². The molecule has 1 unspecified atom stereocenters. The molecular formula is C20H16F2N4O3. The predicted octanol–water partition coefficient (Wildman–Crippen LogP) is 2.91. The number of halogens is 2. The molecule has 2 heterocycles. The molecule has 3 aromatic rings. The van der Waals surface area contributed by atoms with Crippen molar-refractivity contribution in [3.05, 3.63) is 83.0 Å². The van der Waals surface area contributed by atoms with Crippen LogP contribution in [-0.4, -0.2) is 27.0 Å². The predicted molar refractivity (Wildman–Crippen MR) is 96.3 cm³/mol. The first kappa shape index (κ1) is 18.7. The number of nitrogens with one attached hydrogen (secondary N) is 1. The maximum Gasteiger partial charge on any atom is 0.325 e. The molecule has 1 saturated heterocycles. The summed E-state index contributed by atoms with van der Waals surface area (Å²) in [5.41, 5.74) is -0.410. The lowest BCUT2D eigenvalue weighted by Gasteiger charge is -2.22. The molecule has 1 aliphatic rings. The highest BCUT2D eigenvalue weighted by atomic mass is 19.2. The van der Waals surface area contributed by atoms with Gasteiger partial charge in [-0.2, -0.15) is 4.98 Å². The van der Waals surface area contributed by atoms with Gasteiger partial charge in [0.25, 0.3) is 5.91 Å². The van der Waals surface area contributed by atoms with Crippen molar-refractivity contribution in [1.82, 2.24) is 20.4 Å². The van der Waals surface area contributed by atoms with E-state index in [0.29, 0.717) is 12.2 Å². The van der Waals surface area contributed by atoms with Crippen LogP contribution in [0.15, 0.2) is 53.1 Å². The SMILES string of the molecule is CC1(c2ccc(F)c(F)c2)NC(=O)N(Cc2nc(Cc3ccccc3)no2)C1=O. The molecule has 2 aromatic carbocycles. The number of carbonyl (C=O) groups excluding carboxylic acids is 2. The van der Waals surface area contributed by atoms with E-state index in [9.17, 15) is 18.4 Å². The fraction of sp³-hybridized carbons (Fsp3) is 0.200. The summed E-state index contributed by atoms with van der Waals surface area (Å²) >= 11 is 0. The molecule has 0 spiro atoms. The molecule has 9 heteroatoms. The molecule has 0 saturated carbocycles. The number of aromatic nitrogens is 2. The topological polar surface area (TPSA) is 88.3 Å². The van der Waals surface area contributed by atoms with Gasteiger partial charge in [-0.15, -0.1) is 0 Å². The van der Waals surface area contributed by atoms with E-state index in [1.54, 1.807) is 0 Å². The fourth-order valence-electron chi connectivity index (χ4n) is 3.18. The smallest absolute Gasteiger partial charge is 0.325 e. The second kappa shape index (κ2) is 7.08. The van der Waals surface area contributed by atoms with Crippen LogP contribution in [0.2, 0.25) is 0 Å². The fourth-order valence-corrected chi connectivity index (χ4v) is 3.18. The first-order chi connectivity index (χ1) is 13.9. The van der Waals surface area contributed by atoms with E-state index >= 15 is 0 Å². The van der Waals surface area contributed by atoms with Gasteiger partial charge < -0.3 is 9.84 Å². The highest BCUT2D eigenvalue weighted by molar-refractivity contribution is 6.07. The van der Waals surface area contributed by atoms with Gasteiger partial charge in [-0.1, -0.05) is 41.6 Å². The minimum Gasteiger partial charge on any atom is -0.337 e. The zero-order valence-electron chi connectivity index (χ0n) is 15.4. The molecule has 7 nitrogen and oxygen atoms in total. The Kier molecular flexibility index (Phi) is 4.57. The summed E-state index contributed by atoms with van der Waals surface area (Å²) in [7, 11) is 0. The number of benzene rings is 2. The summed E-state index contributed by atoms with van der Waals surface area (Å²) < 4.78 is 32.0. The molecule has 29 heavy (non-hydrogen) atoms. The molecular weight excluding hydrogens is 382 g/mol. The molecule has 1 aliphatic heterocycles. The molecule has 1 fully saturated rings. The van der Waals surface area contributed by atoms with Gasteiger partial charge in [0.1, 0.15) is 12.1 Å². The number of nitrogens with zero attached hydrogens (tertiary/aromatic N) is 3. The largest absolute Gasteiger partial charge is 0.337 e. The average Bonchev–Trinajstić information content (AvgIpc) is 3.23. The molecule has 0 bridgehead atoms. The number of imide groups is 1. The maximum absolute atomic E-state index is 13.6. The summed E-state index contributed by atoms with van der Waals surface area (Å²) in [5, 5.41) is 6.39. The molecule has 1 atom stereocenters. The van der Waals surface area contributed by atoms with E-state index in [-0.39, 0.29) is 18.0 Å². The second-order valence-corrected chi connectivity index (χ2v) is 6.84. The molecule has 1 aromatic heterocycles. The summed E-state index contributed by atoms with van der Waals surface area (Å²) in [6.07, 6.45) is 0.442. The van der Waals surface area contributed by atoms with E-state index in [0.717, 1.165) is 22.6 Å². The third kappa shape index (κ3) is 3.46. The van der Waals surface area contributed by atoms with Gasteiger partial charge in [0.15, 0.2) is 17.5 Å². The Bertz CT molecular complexity index is 1090. The number of urea groups is 1. The monoisotopic (exact) mass is 398 g/mol. The molecule has 3 amide bonds. The minimum absolute atomic E-state index is 0.0916. The van der Waals surface area contributed by atoms with Crippen LogP contribution in [0.4, 0.5) is 13.6 Å². The van der Waals surface area contributed by atoms with Crippen LogP contribution in [0.5, 0.6) is 0 Å². The van der Waals surface area contributed by atoms with Gasteiger partial charge in [0, 0.05) is 6.42 Å². The summed E-state index contributed by atoms with van der Waals surface area (Å²) in [5.74, 6) is -2.26. The zero-order valence-corrected chi connectivity index (χ0v) is 15.4. The Labute approximate surface area is 164 Å². The summed E-state index contributed by atoms with van der Waals surface area (Å²) in [4.78, 5) is 30.4. The quantitative estimate of drug-likeness (QED) is 0.668. The lowest BCUT2D eigenvalue weighted by Crippen LogP contribution is -2.41. The number of rotatable bonds is 5. The van der Waals surface area contributed by atoms with Crippen molar-refractivity contribution in [3.8, 4) is 0 Å². The van der Waals surface area contributed by atoms with Gasteiger partial charge >= 0.3 is 6.03 Å². The van der Waals surface area contributed by atoms with Crippen molar-refractivity contribution < 1.29 is 22.9 Å². The van der Waals surface area contributed by atoms with Crippen LogP contribution in [0, 0.1) is 11.6 Å². The maximum atomic E-state index is 13.6. The van der Waals surface area contributed by atoms with Crippen molar-refractivity contribution in [2.75, 3.05) is 0 Å². The van der Waals surface area contributed by atoms with Crippen LogP contribution in [0.1, 0.15) is 29.8 Å². The number of hydrogen-bond acceptors (Lipinski definition) is 5. The van der Waals surface area contributed by atoms with Gasteiger partial charge in [-0.05, 0) is 30.2 Å². The zero-order chi connectivity index (χ0) is 20.6. The lowest BCUT2D eigenvalue weighted by atomic mass is 9.92.